The van der Waals surface area contributed by atoms with Crippen LogP contribution >= 0.6 is 12.2 Å². The van der Waals surface area contributed by atoms with Gasteiger partial charge in [-0.2, -0.15) is 0 Å². The van der Waals surface area contributed by atoms with Crippen molar-refractivity contribution in [3.05, 3.63) is 24.3 Å². The fourth-order valence-corrected chi connectivity index (χ4v) is 3.12. The smallest absolute Gasteiger partial charge is 0.414 e. The van der Waals surface area contributed by atoms with Crippen molar-refractivity contribution in [1.29, 1.82) is 0 Å². The predicted molar refractivity (Wildman–Crippen MR) is 103 cm³/mol. The molecule has 1 atom stereocenters. The quantitative estimate of drug-likeness (QED) is 0.770. The highest BCUT2D eigenvalue weighted by Gasteiger charge is 2.32. The van der Waals surface area contributed by atoms with E-state index in [-0.39, 0.29) is 12.2 Å². The third-order valence-corrected chi connectivity index (χ3v) is 4.97. The number of carbonyl (C=O) groups is 1. The van der Waals surface area contributed by atoms with Crippen LogP contribution in [0.2, 0.25) is 0 Å². The van der Waals surface area contributed by atoms with Crippen LogP contribution in [0.1, 0.15) is 0 Å². The lowest BCUT2D eigenvalue weighted by Crippen LogP contribution is -2.44. The van der Waals surface area contributed by atoms with Gasteiger partial charge in [0.2, 0.25) is 0 Å². The lowest BCUT2D eigenvalue weighted by Gasteiger charge is -2.34. The van der Waals surface area contributed by atoms with E-state index in [4.69, 9.17) is 17.0 Å². The third kappa shape index (κ3) is 4.32. The lowest BCUT2D eigenvalue weighted by molar-refractivity contribution is 0.143. The molecule has 1 aromatic carbocycles. The number of nitrogens with one attached hydrogen (secondary N) is 2. The van der Waals surface area contributed by atoms with E-state index in [1.54, 1.807) is 11.9 Å². The number of benzene rings is 1. The Balaban J connectivity index is 1.58. The number of cyclic esters (lactones) is 1. The predicted octanol–water partition coefficient (Wildman–Crippen LogP) is 0.857. The van der Waals surface area contributed by atoms with Gasteiger partial charge in [0.1, 0.15) is 6.10 Å². The lowest BCUT2D eigenvalue weighted by atomic mass is 10.2. The van der Waals surface area contributed by atoms with Gasteiger partial charge in [-0.25, -0.2) is 4.79 Å². The molecule has 2 aliphatic heterocycles. The fraction of sp³-hybridized carbons (Fsp3) is 0.529. The number of amides is 1. The number of nitrogens with zero attached hydrogens (tertiary/aromatic N) is 3. The SMILES string of the molecule is CNC(=S)NC[C@H]1CN(c2ccc(N3CCN(C)CC3)cc2)C(=O)O1. The largest absolute Gasteiger partial charge is 0.442 e. The zero-order chi connectivity index (χ0) is 17.8. The van der Waals surface area contributed by atoms with Gasteiger partial charge in [-0.3, -0.25) is 4.90 Å². The van der Waals surface area contributed by atoms with Crippen molar-refractivity contribution >= 4 is 34.8 Å². The molecule has 0 spiro atoms. The molecule has 25 heavy (non-hydrogen) atoms. The van der Waals surface area contributed by atoms with Crippen LogP contribution in [-0.4, -0.2) is 75.6 Å². The molecule has 2 heterocycles. The first kappa shape index (κ1) is 17.8. The minimum absolute atomic E-state index is 0.212. The van der Waals surface area contributed by atoms with Gasteiger partial charge >= 0.3 is 6.09 Å². The number of ether oxygens (including phenoxy) is 1. The van der Waals surface area contributed by atoms with Crippen molar-refractivity contribution in [2.75, 3.05) is 63.2 Å². The number of likely N-dealkylation sites (N-methyl/N-ethyl adjacent to an activating group) is 1. The van der Waals surface area contributed by atoms with Crippen LogP contribution in [-0.2, 0) is 4.74 Å². The maximum absolute atomic E-state index is 12.1. The number of thiocarbonyl (C=S) groups is 1. The van der Waals surface area contributed by atoms with Crippen molar-refractivity contribution in [3.63, 3.8) is 0 Å². The maximum Gasteiger partial charge on any atom is 0.414 e. The van der Waals surface area contributed by atoms with E-state index in [0.717, 1.165) is 31.9 Å². The molecule has 2 saturated heterocycles. The van der Waals surface area contributed by atoms with Gasteiger partial charge in [0.05, 0.1) is 13.1 Å². The van der Waals surface area contributed by atoms with E-state index in [9.17, 15) is 4.79 Å². The Bertz CT molecular complexity index is 616. The van der Waals surface area contributed by atoms with Gasteiger partial charge in [0, 0.05) is 44.6 Å². The first-order valence-electron chi connectivity index (χ1n) is 8.54. The molecule has 136 valence electrons. The van der Waals surface area contributed by atoms with Crippen LogP contribution in [0.3, 0.4) is 0 Å². The van der Waals surface area contributed by atoms with Crippen LogP contribution < -0.4 is 20.4 Å². The van der Waals surface area contributed by atoms with Crippen LogP contribution in [0.15, 0.2) is 24.3 Å². The topological polar surface area (TPSA) is 60.1 Å². The molecule has 0 unspecified atom stereocenters. The van der Waals surface area contributed by atoms with Gasteiger partial charge in [0.15, 0.2) is 5.11 Å². The van der Waals surface area contributed by atoms with Crippen LogP contribution in [0, 0.1) is 0 Å². The van der Waals surface area contributed by atoms with E-state index >= 15 is 0 Å². The van der Waals surface area contributed by atoms with E-state index < -0.39 is 0 Å². The Morgan fingerprint density at radius 2 is 1.84 bits per heavy atom. The monoisotopic (exact) mass is 363 g/mol. The number of rotatable bonds is 4. The summed E-state index contributed by atoms with van der Waals surface area (Å²) in [6.07, 6.45) is -0.523. The number of hydrogen-bond donors (Lipinski definition) is 2. The molecule has 2 aliphatic rings. The summed E-state index contributed by atoms with van der Waals surface area (Å²) in [6.45, 7) is 5.22. The third-order valence-electron chi connectivity index (χ3n) is 4.62. The summed E-state index contributed by atoms with van der Waals surface area (Å²) >= 11 is 5.04. The highest BCUT2D eigenvalue weighted by Crippen LogP contribution is 2.25. The Labute approximate surface area is 153 Å². The number of carbonyl (C=O) groups excluding carboxylic acids is 1. The molecule has 0 bridgehead atoms. The molecule has 1 amide bonds. The van der Waals surface area contributed by atoms with E-state index in [2.05, 4.69) is 39.6 Å². The molecule has 3 rings (SSSR count). The summed E-state index contributed by atoms with van der Waals surface area (Å²) < 4.78 is 5.40. The molecule has 2 N–H and O–H groups in total. The van der Waals surface area contributed by atoms with E-state index in [0.29, 0.717) is 18.2 Å². The molecular weight excluding hydrogens is 338 g/mol. The van der Waals surface area contributed by atoms with E-state index in [1.807, 2.05) is 12.1 Å². The van der Waals surface area contributed by atoms with Gasteiger partial charge in [-0.15, -0.1) is 0 Å². The molecular formula is C17H25N5O2S. The fourth-order valence-electron chi connectivity index (χ4n) is 3.04. The summed E-state index contributed by atoms with van der Waals surface area (Å²) in [5.41, 5.74) is 2.06. The van der Waals surface area contributed by atoms with Gasteiger partial charge in [-0.1, -0.05) is 0 Å². The summed E-state index contributed by atoms with van der Waals surface area (Å²) in [5.74, 6) is 0. The Kier molecular flexibility index (Phi) is 5.60. The molecule has 2 fully saturated rings. The minimum atomic E-state index is -0.311. The number of piperazine rings is 1. The van der Waals surface area contributed by atoms with Crippen molar-refractivity contribution in [1.82, 2.24) is 15.5 Å². The summed E-state index contributed by atoms with van der Waals surface area (Å²) in [7, 11) is 3.90. The summed E-state index contributed by atoms with van der Waals surface area (Å²) in [6, 6.07) is 8.14. The molecule has 0 aliphatic carbocycles. The van der Waals surface area contributed by atoms with Crippen LogP contribution in [0.25, 0.3) is 0 Å². The van der Waals surface area contributed by atoms with Gasteiger partial charge in [0.25, 0.3) is 0 Å². The van der Waals surface area contributed by atoms with Crippen LogP contribution in [0.4, 0.5) is 16.2 Å². The first-order valence-corrected chi connectivity index (χ1v) is 8.95. The molecule has 1 aromatic rings. The molecule has 0 aromatic heterocycles. The first-order chi connectivity index (χ1) is 12.1. The zero-order valence-corrected chi connectivity index (χ0v) is 15.5. The Hall–Kier alpha value is -2.06. The maximum atomic E-state index is 12.1. The second kappa shape index (κ2) is 7.88. The minimum Gasteiger partial charge on any atom is -0.442 e. The zero-order valence-electron chi connectivity index (χ0n) is 14.7. The molecule has 8 heteroatoms. The van der Waals surface area contributed by atoms with Crippen LogP contribution in [0.5, 0.6) is 0 Å². The highest BCUT2D eigenvalue weighted by molar-refractivity contribution is 7.80. The molecule has 0 radical (unpaired) electrons. The number of anilines is 2. The Morgan fingerprint density at radius 3 is 2.48 bits per heavy atom. The van der Waals surface area contributed by atoms with E-state index in [1.165, 1.54) is 5.69 Å². The number of hydrogen-bond acceptors (Lipinski definition) is 5. The Morgan fingerprint density at radius 1 is 1.20 bits per heavy atom. The average Bonchev–Trinajstić information content (AvgIpc) is 3.01. The van der Waals surface area contributed by atoms with Crippen molar-refractivity contribution in [2.45, 2.75) is 6.10 Å². The van der Waals surface area contributed by atoms with Crippen molar-refractivity contribution in [2.24, 2.45) is 0 Å². The second-order valence-corrected chi connectivity index (χ2v) is 6.79. The standard InChI is InChI=1S/C17H25N5O2S/c1-18-16(25)19-11-15-12-22(17(23)24-15)14-5-3-13(4-6-14)21-9-7-20(2)8-10-21/h3-6,15H,7-12H2,1-2H3,(H2,18,19,25)/t15-/m0/s1. The van der Waals surface area contributed by atoms with Gasteiger partial charge in [-0.05, 0) is 43.5 Å². The van der Waals surface area contributed by atoms with Crippen molar-refractivity contribution in [3.8, 4) is 0 Å². The molecule has 7 nitrogen and oxygen atoms in total. The van der Waals surface area contributed by atoms with Crippen molar-refractivity contribution < 1.29 is 9.53 Å². The molecule has 0 saturated carbocycles. The van der Waals surface area contributed by atoms with Gasteiger partial charge < -0.3 is 25.2 Å². The normalized spacial score (nSPS) is 21.2. The summed E-state index contributed by atoms with van der Waals surface area (Å²) in [4.78, 5) is 18.5. The average molecular weight is 363 g/mol. The second-order valence-electron chi connectivity index (χ2n) is 6.38. The highest BCUT2D eigenvalue weighted by atomic mass is 32.1. The summed E-state index contributed by atoms with van der Waals surface area (Å²) in [5, 5.41) is 6.42.